The largest absolute Gasteiger partial charge is 0.377 e. The quantitative estimate of drug-likeness (QED) is 0.276. The number of nitrogens with one attached hydrogen (secondary N) is 2. The second-order valence-corrected chi connectivity index (χ2v) is 9.31. The van der Waals surface area contributed by atoms with Gasteiger partial charge in [0.1, 0.15) is 0 Å². The molecular formula is C25H43IN4O2. The molecule has 1 fully saturated rings. The molecule has 182 valence electrons. The summed E-state index contributed by atoms with van der Waals surface area (Å²) in [7, 11) is 0. The lowest BCUT2D eigenvalue weighted by molar-refractivity contribution is -0.0835. The smallest absolute Gasteiger partial charge is 0.253 e. The third-order valence-electron chi connectivity index (χ3n) is 5.85. The number of aliphatic imine (C=N–C) groups is 1. The highest BCUT2D eigenvalue weighted by Gasteiger charge is 2.35. The Morgan fingerprint density at radius 1 is 1.12 bits per heavy atom. The number of amides is 1. The zero-order valence-corrected chi connectivity index (χ0v) is 23.1. The molecule has 1 aromatic rings. The maximum Gasteiger partial charge on any atom is 0.253 e. The van der Waals surface area contributed by atoms with Crippen molar-refractivity contribution in [2.24, 2.45) is 16.3 Å². The second-order valence-electron chi connectivity index (χ2n) is 9.31. The summed E-state index contributed by atoms with van der Waals surface area (Å²) in [5, 5.41) is 6.86. The SMILES string of the molecule is CCNC(=NCc1ccc(C(=O)N(CC)CC)cc1)NCC1CCCOC1C(C)(C)C.I. The van der Waals surface area contributed by atoms with E-state index in [2.05, 4.69) is 38.3 Å². The van der Waals surface area contributed by atoms with Crippen LogP contribution >= 0.6 is 24.0 Å². The van der Waals surface area contributed by atoms with Gasteiger partial charge in [0.2, 0.25) is 0 Å². The van der Waals surface area contributed by atoms with Crippen molar-refractivity contribution in [3.05, 3.63) is 35.4 Å². The van der Waals surface area contributed by atoms with Crippen molar-refractivity contribution >= 4 is 35.8 Å². The summed E-state index contributed by atoms with van der Waals surface area (Å²) in [6.07, 6.45) is 2.55. The standard InChI is InChI=1S/C25H42N4O2.HI/c1-7-26-24(28-18-21-11-10-16-31-22(21)25(4,5)6)27-17-19-12-14-20(15-13-19)23(30)29(8-2)9-3;/h12-15,21-22H,7-11,16-18H2,1-6H3,(H2,26,27,28);1H. The van der Waals surface area contributed by atoms with Gasteiger partial charge in [0.15, 0.2) is 5.96 Å². The van der Waals surface area contributed by atoms with E-state index in [4.69, 9.17) is 9.73 Å². The van der Waals surface area contributed by atoms with E-state index in [1.54, 1.807) is 0 Å². The number of halogens is 1. The number of ether oxygens (including phenoxy) is 1. The van der Waals surface area contributed by atoms with E-state index < -0.39 is 0 Å². The molecule has 1 saturated heterocycles. The fourth-order valence-corrected chi connectivity index (χ4v) is 4.20. The van der Waals surface area contributed by atoms with E-state index in [0.29, 0.717) is 12.5 Å². The molecule has 1 heterocycles. The van der Waals surface area contributed by atoms with Crippen LogP contribution in [0, 0.1) is 11.3 Å². The van der Waals surface area contributed by atoms with Crippen LogP contribution in [0.25, 0.3) is 0 Å². The number of rotatable bonds is 8. The van der Waals surface area contributed by atoms with Crippen LogP contribution in [0.15, 0.2) is 29.3 Å². The lowest BCUT2D eigenvalue weighted by Gasteiger charge is -2.40. The van der Waals surface area contributed by atoms with Gasteiger partial charge in [-0.25, -0.2) is 4.99 Å². The molecule has 2 atom stereocenters. The topological polar surface area (TPSA) is 66.0 Å². The summed E-state index contributed by atoms with van der Waals surface area (Å²) in [5.74, 6) is 1.38. The third kappa shape index (κ3) is 8.54. The highest BCUT2D eigenvalue weighted by Crippen LogP contribution is 2.33. The summed E-state index contributed by atoms with van der Waals surface area (Å²) < 4.78 is 6.11. The Bertz CT molecular complexity index is 712. The van der Waals surface area contributed by atoms with Gasteiger partial charge in [-0.05, 0) is 56.7 Å². The number of benzene rings is 1. The maximum absolute atomic E-state index is 12.5. The number of hydrogen-bond acceptors (Lipinski definition) is 3. The van der Waals surface area contributed by atoms with Crippen LogP contribution < -0.4 is 10.6 Å². The molecule has 7 heteroatoms. The molecule has 1 aromatic carbocycles. The van der Waals surface area contributed by atoms with Gasteiger partial charge in [-0.2, -0.15) is 0 Å². The molecule has 0 radical (unpaired) electrons. The fraction of sp³-hybridized carbons (Fsp3) is 0.680. The molecular weight excluding hydrogens is 515 g/mol. The van der Waals surface area contributed by atoms with Crippen LogP contribution in [0.1, 0.15) is 70.3 Å². The Morgan fingerprint density at radius 2 is 1.78 bits per heavy atom. The zero-order chi connectivity index (χ0) is 22.9. The Kier molecular flexibility index (Phi) is 12.6. The molecule has 2 unspecified atom stereocenters. The van der Waals surface area contributed by atoms with Crippen LogP contribution in [-0.2, 0) is 11.3 Å². The maximum atomic E-state index is 12.5. The van der Waals surface area contributed by atoms with Gasteiger partial charge >= 0.3 is 0 Å². The highest BCUT2D eigenvalue weighted by atomic mass is 127. The first kappa shape index (κ1) is 28.7. The molecule has 0 saturated carbocycles. The summed E-state index contributed by atoms with van der Waals surface area (Å²) >= 11 is 0. The second kappa shape index (κ2) is 14.0. The molecule has 0 spiro atoms. The van der Waals surface area contributed by atoms with Crippen LogP contribution in [0.4, 0.5) is 0 Å². The predicted octanol–water partition coefficient (Wildman–Crippen LogP) is 4.68. The molecule has 2 rings (SSSR count). The molecule has 0 aromatic heterocycles. The van der Waals surface area contributed by atoms with Crippen LogP contribution in [0.5, 0.6) is 0 Å². The first-order chi connectivity index (χ1) is 14.8. The monoisotopic (exact) mass is 558 g/mol. The minimum absolute atomic E-state index is 0. The predicted molar refractivity (Wildman–Crippen MR) is 144 cm³/mol. The number of hydrogen-bond donors (Lipinski definition) is 2. The van der Waals surface area contributed by atoms with Crippen molar-refractivity contribution in [3.63, 3.8) is 0 Å². The normalized spacial score (nSPS) is 19.1. The number of carbonyl (C=O) groups excluding carboxylic acids is 1. The van der Waals surface area contributed by atoms with Crippen LogP contribution in [-0.4, -0.2) is 55.7 Å². The summed E-state index contributed by atoms with van der Waals surface area (Å²) in [6, 6.07) is 7.79. The lowest BCUT2D eigenvalue weighted by atomic mass is 9.78. The average molecular weight is 559 g/mol. The Morgan fingerprint density at radius 3 is 2.34 bits per heavy atom. The van der Waals surface area contributed by atoms with E-state index in [0.717, 1.165) is 56.3 Å². The molecule has 0 bridgehead atoms. The van der Waals surface area contributed by atoms with Gasteiger partial charge in [0, 0.05) is 44.3 Å². The first-order valence-electron chi connectivity index (χ1n) is 11.8. The molecule has 0 aliphatic carbocycles. The van der Waals surface area contributed by atoms with E-state index in [-0.39, 0.29) is 41.4 Å². The van der Waals surface area contributed by atoms with Crippen molar-refractivity contribution in [3.8, 4) is 0 Å². The van der Waals surface area contributed by atoms with E-state index >= 15 is 0 Å². The molecule has 1 aliphatic rings. The van der Waals surface area contributed by atoms with Gasteiger partial charge < -0.3 is 20.3 Å². The van der Waals surface area contributed by atoms with Gasteiger partial charge in [0.05, 0.1) is 12.6 Å². The Hall–Kier alpha value is -1.35. The van der Waals surface area contributed by atoms with E-state index in [9.17, 15) is 4.79 Å². The molecule has 1 aliphatic heterocycles. The first-order valence-corrected chi connectivity index (χ1v) is 11.8. The van der Waals surface area contributed by atoms with Crippen molar-refractivity contribution < 1.29 is 9.53 Å². The minimum Gasteiger partial charge on any atom is -0.377 e. The van der Waals surface area contributed by atoms with Gasteiger partial charge in [-0.15, -0.1) is 24.0 Å². The number of guanidine groups is 1. The van der Waals surface area contributed by atoms with Crippen LogP contribution in [0.3, 0.4) is 0 Å². The number of nitrogens with zero attached hydrogens (tertiary/aromatic N) is 2. The zero-order valence-electron chi connectivity index (χ0n) is 20.7. The summed E-state index contributed by atoms with van der Waals surface area (Å²) in [5.41, 5.74) is 1.95. The van der Waals surface area contributed by atoms with Gasteiger partial charge in [-0.1, -0.05) is 32.9 Å². The van der Waals surface area contributed by atoms with E-state index in [1.807, 2.05) is 43.0 Å². The van der Waals surface area contributed by atoms with E-state index in [1.165, 1.54) is 6.42 Å². The molecule has 2 N–H and O–H groups in total. The summed E-state index contributed by atoms with van der Waals surface area (Å²) in [6.45, 7) is 17.4. The lowest BCUT2D eigenvalue weighted by Crippen LogP contribution is -2.47. The van der Waals surface area contributed by atoms with Crippen molar-refractivity contribution in [1.82, 2.24) is 15.5 Å². The highest BCUT2D eigenvalue weighted by molar-refractivity contribution is 14.0. The van der Waals surface area contributed by atoms with Crippen molar-refractivity contribution in [1.29, 1.82) is 0 Å². The van der Waals surface area contributed by atoms with Crippen LogP contribution in [0.2, 0.25) is 0 Å². The molecule has 1 amide bonds. The van der Waals surface area contributed by atoms with Gasteiger partial charge in [0.25, 0.3) is 5.91 Å². The van der Waals surface area contributed by atoms with Gasteiger partial charge in [-0.3, -0.25) is 4.79 Å². The number of carbonyl (C=O) groups is 1. The molecule has 6 nitrogen and oxygen atoms in total. The Balaban J connectivity index is 0.00000512. The van der Waals surface area contributed by atoms with Crippen molar-refractivity contribution in [2.45, 2.75) is 67.0 Å². The Labute approximate surface area is 212 Å². The van der Waals surface area contributed by atoms with Crippen molar-refractivity contribution in [2.75, 3.05) is 32.8 Å². The average Bonchev–Trinajstić information content (AvgIpc) is 2.76. The fourth-order valence-electron chi connectivity index (χ4n) is 4.20. The molecule has 32 heavy (non-hydrogen) atoms. The third-order valence-corrected chi connectivity index (χ3v) is 5.85. The summed E-state index contributed by atoms with van der Waals surface area (Å²) in [4.78, 5) is 19.1. The minimum atomic E-state index is 0.